The zero-order chi connectivity index (χ0) is 14.7. The van der Waals surface area contributed by atoms with Crippen LogP contribution in [0.5, 0.6) is 0 Å². The molecule has 0 radical (unpaired) electrons. The van der Waals surface area contributed by atoms with Crippen molar-refractivity contribution >= 4 is 11.0 Å². The van der Waals surface area contributed by atoms with Gasteiger partial charge in [0, 0.05) is 30.1 Å². The molecule has 2 heterocycles. The molecule has 21 heavy (non-hydrogen) atoms. The van der Waals surface area contributed by atoms with Crippen molar-refractivity contribution in [1.29, 1.82) is 0 Å². The van der Waals surface area contributed by atoms with Gasteiger partial charge in [0.25, 0.3) is 0 Å². The Labute approximate surface area is 127 Å². The Bertz CT molecular complexity index is 584. The summed E-state index contributed by atoms with van der Waals surface area (Å²) < 4.78 is 5.91. The van der Waals surface area contributed by atoms with Gasteiger partial charge in [-0.05, 0) is 45.3 Å². The lowest BCUT2D eigenvalue weighted by Gasteiger charge is -2.25. The fourth-order valence-electron chi connectivity index (χ4n) is 3.42. The van der Waals surface area contributed by atoms with E-state index in [0.717, 1.165) is 31.0 Å². The zero-order valence-electron chi connectivity index (χ0n) is 13.2. The van der Waals surface area contributed by atoms with Gasteiger partial charge >= 0.3 is 0 Å². The molecule has 1 unspecified atom stereocenters. The Morgan fingerprint density at radius 1 is 1.33 bits per heavy atom. The smallest absolute Gasteiger partial charge is 0.134 e. The van der Waals surface area contributed by atoms with Crippen LogP contribution in [0.15, 0.2) is 28.7 Å². The Balaban J connectivity index is 1.78. The van der Waals surface area contributed by atoms with Crippen molar-refractivity contribution in [3.8, 4) is 0 Å². The molecule has 0 saturated carbocycles. The van der Waals surface area contributed by atoms with E-state index in [1.807, 2.05) is 6.07 Å². The summed E-state index contributed by atoms with van der Waals surface area (Å²) in [5.74, 6) is 1.07. The summed E-state index contributed by atoms with van der Waals surface area (Å²) in [6.07, 6.45) is 3.82. The van der Waals surface area contributed by atoms with E-state index in [1.165, 1.54) is 36.8 Å². The van der Waals surface area contributed by atoms with Gasteiger partial charge in [0.1, 0.15) is 11.3 Å². The van der Waals surface area contributed by atoms with Gasteiger partial charge in [0.05, 0.1) is 0 Å². The summed E-state index contributed by atoms with van der Waals surface area (Å²) in [6.45, 7) is 8.82. The predicted molar refractivity (Wildman–Crippen MR) is 87.5 cm³/mol. The lowest BCUT2D eigenvalue weighted by atomic mass is 10.1. The van der Waals surface area contributed by atoms with Crippen molar-refractivity contribution in [2.75, 3.05) is 19.6 Å². The summed E-state index contributed by atoms with van der Waals surface area (Å²) in [4.78, 5) is 2.58. The van der Waals surface area contributed by atoms with Crippen LogP contribution < -0.4 is 5.32 Å². The molecule has 0 aliphatic carbocycles. The van der Waals surface area contributed by atoms with E-state index in [-0.39, 0.29) is 0 Å². The number of nitrogens with zero attached hydrogens (tertiary/aromatic N) is 1. The van der Waals surface area contributed by atoms with Crippen LogP contribution in [0.2, 0.25) is 0 Å². The number of fused-ring (bicyclic) bond motifs is 1. The fraction of sp³-hybridized carbons (Fsp3) is 0.556. The number of aryl methyl sites for hydroxylation is 1. The van der Waals surface area contributed by atoms with E-state index in [9.17, 15) is 0 Å². The Morgan fingerprint density at radius 3 is 2.95 bits per heavy atom. The Kier molecular flexibility index (Phi) is 4.61. The molecule has 3 heteroatoms. The summed E-state index contributed by atoms with van der Waals surface area (Å²) >= 11 is 0. The van der Waals surface area contributed by atoms with Crippen LogP contribution in [0.4, 0.5) is 0 Å². The first-order chi connectivity index (χ1) is 10.3. The highest BCUT2D eigenvalue weighted by atomic mass is 16.3. The highest BCUT2D eigenvalue weighted by molar-refractivity contribution is 5.82. The summed E-state index contributed by atoms with van der Waals surface area (Å²) in [5, 5.41) is 4.89. The van der Waals surface area contributed by atoms with Crippen molar-refractivity contribution in [2.24, 2.45) is 0 Å². The van der Waals surface area contributed by atoms with Crippen LogP contribution in [-0.2, 0) is 6.54 Å². The van der Waals surface area contributed by atoms with E-state index >= 15 is 0 Å². The van der Waals surface area contributed by atoms with Crippen molar-refractivity contribution in [3.05, 3.63) is 35.6 Å². The molecule has 1 atom stereocenters. The molecule has 1 saturated heterocycles. The van der Waals surface area contributed by atoms with Crippen LogP contribution in [0, 0.1) is 6.92 Å². The van der Waals surface area contributed by atoms with E-state index in [4.69, 9.17) is 4.42 Å². The van der Waals surface area contributed by atoms with E-state index in [1.54, 1.807) is 0 Å². The highest BCUT2D eigenvalue weighted by Gasteiger charge is 2.20. The molecular formula is C18H26N2O. The number of furan rings is 1. The van der Waals surface area contributed by atoms with Gasteiger partial charge in [-0.3, -0.25) is 4.90 Å². The van der Waals surface area contributed by atoms with Gasteiger partial charge in [-0.2, -0.15) is 0 Å². The van der Waals surface area contributed by atoms with Gasteiger partial charge in [-0.1, -0.05) is 25.1 Å². The second-order valence-corrected chi connectivity index (χ2v) is 6.16. The molecule has 1 aliphatic heterocycles. The second kappa shape index (κ2) is 6.63. The molecule has 0 bridgehead atoms. The maximum absolute atomic E-state index is 5.91. The molecule has 3 nitrogen and oxygen atoms in total. The normalized spacial score (nSPS) is 18.9. The Hall–Kier alpha value is -1.32. The van der Waals surface area contributed by atoms with Crippen molar-refractivity contribution in [1.82, 2.24) is 10.2 Å². The quantitative estimate of drug-likeness (QED) is 0.877. The predicted octanol–water partition coefficient (Wildman–Crippen LogP) is 3.71. The molecule has 2 aromatic rings. The molecule has 1 aromatic carbocycles. The molecule has 1 fully saturated rings. The fourth-order valence-corrected chi connectivity index (χ4v) is 3.42. The summed E-state index contributed by atoms with van der Waals surface area (Å²) in [7, 11) is 0. The van der Waals surface area contributed by atoms with Crippen LogP contribution in [-0.4, -0.2) is 30.6 Å². The standard InChI is InChI=1S/C18H26N2O/c1-3-11-20(12-15-7-6-10-19-15)13-17-14(2)21-18-9-5-4-8-16(17)18/h4-5,8-9,15,19H,3,6-7,10-13H2,1-2H3. The van der Waals surface area contributed by atoms with E-state index < -0.39 is 0 Å². The monoisotopic (exact) mass is 286 g/mol. The topological polar surface area (TPSA) is 28.4 Å². The van der Waals surface area contributed by atoms with Gasteiger partial charge in [0.15, 0.2) is 0 Å². The first-order valence-corrected chi connectivity index (χ1v) is 8.20. The van der Waals surface area contributed by atoms with Gasteiger partial charge in [0.2, 0.25) is 0 Å². The Morgan fingerprint density at radius 2 is 2.19 bits per heavy atom. The average molecular weight is 286 g/mol. The largest absolute Gasteiger partial charge is 0.461 e. The number of rotatable bonds is 6. The minimum Gasteiger partial charge on any atom is -0.461 e. The third kappa shape index (κ3) is 3.30. The summed E-state index contributed by atoms with van der Waals surface area (Å²) in [5.41, 5.74) is 2.37. The van der Waals surface area contributed by atoms with Crippen LogP contribution in [0.3, 0.4) is 0 Å². The number of nitrogens with one attached hydrogen (secondary N) is 1. The zero-order valence-corrected chi connectivity index (χ0v) is 13.2. The van der Waals surface area contributed by atoms with Gasteiger partial charge in [-0.25, -0.2) is 0 Å². The van der Waals surface area contributed by atoms with E-state index in [2.05, 4.69) is 42.3 Å². The van der Waals surface area contributed by atoms with E-state index in [0.29, 0.717) is 6.04 Å². The van der Waals surface area contributed by atoms with Crippen LogP contribution in [0.25, 0.3) is 11.0 Å². The lowest BCUT2D eigenvalue weighted by molar-refractivity contribution is 0.241. The van der Waals surface area contributed by atoms with Gasteiger partial charge < -0.3 is 9.73 Å². The molecule has 1 aliphatic rings. The first kappa shape index (κ1) is 14.6. The third-order valence-corrected chi connectivity index (χ3v) is 4.46. The number of hydrogen-bond donors (Lipinski definition) is 1. The second-order valence-electron chi connectivity index (χ2n) is 6.16. The molecule has 1 aromatic heterocycles. The maximum Gasteiger partial charge on any atom is 0.134 e. The molecule has 114 valence electrons. The van der Waals surface area contributed by atoms with Crippen molar-refractivity contribution in [2.45, 2.75) is 45.7 Å². The maximum atomic E-state index is 5.91. The van der Waals surface area contributed by atoms with Crippen LogP contribution >= 0.6 is 0 Å². The van der Waals surface area contributed by atoms with Crippen LogP contribution in [0.1, 0.15) is 37.5 Å². The number of benzene rings is 1. The third-order valence-electron chi connectivity index (χ3n) is 4.46. The molecular weight excluding hydrogens is 260 g/mol. The molecule has 1 N–H and O–H groups in total. The average Bonchev–Trinajstić information content (AvgIpc) is 3.08. The molecule has 0 spiro atoms. The first-order valence-electron chi connectivity index (χ1n) is 8.20. The number of hydrogen-bond acceptors (Lipinski definition) is 3. The molecule has 3 rings (SSSR count). The number of para-hydroxylation sites is 1. The highest BCUT2D eigenvalue weighted by Crippen LogP contribution is 2.26. The molecule has 0 amide bonds. The SMILES string of the molecule is CCCN(Cc1c(C)oc2ccccc12)CC1CCCN1. The van der Waals surface area contributed by atoms with Crippen molar-refractivity contribution in [3.63, 3.8) is 0 Å². The minimum atomic E-state index is 0.662. The van der Waals surface area contributed by atoms with Gasteiger partial charge in [-0.15, -0.1) is 0 Å². The van der Waals surface area contributed by atoms with Crippen molar-refractivity contribution < 1.29 is 4.42 Å². The minimum absolute atomic E-state index is 0.662. The summed E-state index contributed by atoms with van der Waals surface area (Å²) in [6, 6.07) is 9.05. The lowest BCUT2D eigenvalue weighted by Crippen LogP contribution is -2.37.